The zero-order valence-corrected chi connectivity index (χ0v) is 15.3. The lowest BCUT2D eigenvalue weighted by molar-refractivity contribution is 0.0734. The molecule has 0 radical (unpaired) electrons. The first-order valence-electron chi connectivity index (χ1n) is 9.43. The molecule has 0 fully saturated rings. The van der Waals surface area contributed by atoms with Crippen molar-refractivity contribution in [1.29, 1.82) is 0 Å². The molecule has 0 saturated heterocycles. The van der Waals surface area contributed by atoms with Crippen LogP contribution in [0.25, 0.3) is 0 Å². The lowest BCUT2D eigenvalue weighted by atomic mass is 9.99. The molecular formula is C22H26N2O2. The van der Waals surface area contributed by atoms with E-state index in [9.17, 15) is 9.59 Å². The van der Waals surface area contributed by atoms with E-state index in [0.29, 0.717) is 24.2 Å². The molecule has 0 aliphatic carbocycles. The summed E-state index contributed by atoms with van der Waals surface area (Å²) < 4.78 is 0. The molecule has 0 aromatic heterocycles. The van der Waals surface area contributed by atoms with Gasteiger partial charge in [-0.25, -0.2) is 0 Å². The van der Waals surface area contributed by atoms with E-state index in [1.165, 1.54) is 11.1 Å². The van der Waals surface area contributed by atoms with Crippen LogP contribution in [0.1, 0.15) is 58.0 Å². The maximum atomic E-state index is 12.8. The molecule has 0 unspecified atom stereocenters. The molecule has 0 saturated carbocycles. The summed E-state index contributed by atoms with van der Waals surface area (Å²) in [6.07, 6.45) is 4.13. The van der Waals surface area contributed by atoms with Crippen LogP contribution >= 0.6 is 0 Å². The van der Waals surface area contributed by atoms with Gasteiger partial charge in [0.1, 0.15) is 0 Å². The van der Waals surface area contributed by atoms with Crippen molar-refractivity contribution in [3.63, 3.8) is 0 Å². The minimum absolute atomic E-state index is 0.0226. The predicted octanol–water partition coefficient (Wildman–Crippen LogP) is 3.81. The molecule has 2 amide bonds. The number of hydrogen-bond acceptors (Lipinski definition) is 2. The summed E-state index contributed by atoms with van der Waals surface area (Å²) in [5.41, 5.74) is 3.77. The van der Waals surface area contributed by atoms with Gasteiger partial charge in [0.2, 0.25) is 0 Å². The number of nitrogens with one attached hydrogen (secondary N) is 1. The lowest BCUT2D eigenvalue weighted by Gasteiger charge is -2.29. The maximum absolute atomic E-state index is 12.8. The Morgan fingerprint density at radius 2 is 1.65 bits per heavy atom. The fraction of sp³-hybridized carbons (Fsp3) is 0.364. The average Bonchev–Trinajstić information content (AvgIpc) is 2.70. The molecule has 4 nitrogen and oxygen atoms in total. The van der Waals surface area contributed by atoms with E-state index < -0.39 is 0 Å². The number of carbonyl (C=O) groups excluding carboxylic acids is 2. The van der Waals surface area contributed by atoms with Gasteiger partial charge in [0.05, 0.1) is 0 Å². The standard InChI is InChI=1S/C22H26N2O2/c1-2-3-6-14-23-21(25)18-9-11-19(12-10-18)22(26)24-15-13-17-7-4-5-8-20(17)16-24/h4-5,7-12H,2-3,6,13-16H2,1H3,(H,23,25). The van der Waals surface area contributed by atoms with Gasteiger partial charge in [-0.15, -0.1) is 0 Å². The normalized spacial score (nSPS) is 13.2. The summed E-state index contributed by atoms with van der Waals surface area (Å²) in [5, 5.41) is 2.92. The van der Waals surface area contributed by atoms with Gasteiger partial charge < -0.3 is 10.2 Å². The molecule has 1 aliphatic rings. The minimum Gasteiger partial charge on any atom is -0.352 e. The molecule has 1 N–H and O–H groups in total. The van der Waals surface area contributed by atoms with Crippen molar-refractivity contribution in [3.05, 3.63) is 70.8 Å². The summed E-state index contributed by atoms with van der Waals surface area (Å²) >= 11 is 0. The van der Waals surface area contributed by atoms with Gasteiger partial charge in [0.25, 0.3) is 11.8 Å². The summed E-state index contributed by atoms with van der Waals surface area (Å²) in [7, 11) is 0. The Morgan fingerprint density at radius 3 is 2.38 bits per heavy atom. The summed E-state index contributed by atoms with van der Waals surface area (Å²) in [6.45, 7) is 4.21. The maximum Gasteiger partial charge on any atom is 0.254 e. The van der Waals surface area contributed by atoms with Crippen molar-refractivity contribution in [3.8, 4) is 0 Å². The van der Waals surface area contributed by atoms with Gasteiger partial charge >= 0.3 is 0 Å². The molecule has 0 spiro atoms. The third-order valence-corrected chi connectivity index (χ3v) is 4.88. The molecule has 136 valence electrons. The van der Waals surface area contributed by atoms with Crippen LogP contribution in [0.3, 0.4) is 0 Å². The highest BCUT2D eigenvalue weighted by Crippen LogP contribution is 2.20. The van der Waals surface area contributed by atoms with Crippen LogP contribution in [0.5, 0.6) is 0 Å². The number of amides is 2. The van der Waals surface area contributed by atoms with Crippen LogP contribution in [-0.4, -0.2) is 29.8 Å². The van der Waals surface area contributed by atoms with Crippen molar-refractivity contribution in [2.24, 2.45) is 0 Å². The molecule has 2 aromatic carbocycles. The Labute approximate surface area is 155 Å². The molecule has 4 heteroatoms. The van der Waals surface area contributed by atoms with Crippen LogP contribution in [0.4, 0.5) is 0 Å². The Morgan fingerprint density at radius 1 is 0.962 bits per heavy atom. The summed E-state index contributed by atoms with van der Waals surface area (Å²) in [6, 6.07) is 15.3. The highest BCUT2D eigenvalue weighted by Gasteiger charge is 2.21. The monoisotopic (exact) mass is 350 g/mol. The van der Waals surface area contributed by atoms with E-state index in [2.05, 4.69) is 24.4 Å². The molecule has 0 atom stereocenters. The van der Waals surface area contributed by atoms with E-state index in [4.69, 9.17) is 0 Å². The second-order valence-corrected chi connectivity index (χ2v) is 6.79. The zero-order chi connectivity index (χ0) is 18.4. The molecular weight excluding hydrogens is 324 g/mol. The van der Waals surface area contributed by atoms with E-state index in [1.807, 2.05) is 17.0 Å². The number of hydrogen-bond donors (Lipinski definition) is 1. The average molecular weight is 350 g/mol. The molecule has 26 heavy (non-hydrogen) atoms. The largest absolute Gasteiger partial charge is 0.352 e. The Balaban J connectivity index is 1.60. The van der Waals surface area contributed by atoms with Gasteiger partial charge in [-0.3, -0.25) is 9.59 Å². The quantitative estimate of drug-likeness (QED) is 0.806. The predicted molar refractivity (Wildman–Crippen MR) is 103 cm³/mol. The van der Waals surface area contributed by atoms with Crippen molar-refractivity contribution >= 4 is 11.8 Å². The number of carbonyl (C=O) groups is 2. The first kappa shape index (κ1) is 18.2. The summed E-state index contributed by atoms with van der Waals surface area (Å²) in [5.74, 6) is -0.0543. The number of benzene rings is 2. The molecule has 1 heterocycles. The number of nitrogens with zero attached hydrogens (tertiary/aromatic N) is 1. The van der Waals surface area contributed by atoms with E-state index in [1.54, 1.807) is 24.3 Å². The first-order valence-corrected chi connectivity index (χ1v) is 9.43. The molecule has 0 bridgehead atoms. The minimum atomic E-state index is -0.0769. The van der Waals surface area contributed by atoms with Crippen LogP contribution in [0.15, 0.2) is 48.5 Å². The topological polar surface area (TPSA) is 49.4 Å². The van der Waals surface area contributed by atoms with Crippen molar-refractivity contribution < 1.29 is 9.59 Å². The fourth-order valence-corrected chi connectivity index (χ4v) is 3.29. The van der Waals surface area contributed by atoms with Gasteiger partial charge in [0, 0.05) is 30.8 Å². The van der Waals surface area contributed by atoms with E-state index >= 15 is 0 Å². The molecule has 3 rings (SSSR count). The van der Waals surface area contributed by atoms with Crippen molar-refractivity contribution in [2.75, 3.05) is 13.1 Å². The number of unbranched alkanes of at least 4 members (excludes halogenated alkanes) is 2. The second-order valence-electron chi connectivity index (χ2n) is 6.79. The highest BCUT2D eigenvalue weighted by atomic mass is 16.2. The molecule has 2 aromatic rings. The smallest absolute Gasteiger partial charge is 0.254 e. The third kappa shape index (κ3) is 4.31. The van der Waals surface area contributed by atoms with E-state index in [0.717, 1.165) is 32.2 Å². The summed E-state index contributed by atoms with van der Waals surface area (Å²) in [4.78, 5) is 26.8. The van der Waals surface area contributed by atoms with Crippen LogP contribution < -0.4 is 5.32 Å². The third-order valence-electron chi connectivity index (χ3n) is 4.88. The van der Waals surface area contributed by atoms with Crippen molar-refractivity contribution in [1.82, 2.24) is 10.2 Å². The van der Waals surface area contributed by atoms with Gasteiger partial charge in [-0.2, -0.15) is 0 Å². The second kappa shape index (κ2) is 8.65. The Bertz CT molecular complexity index is 768. The van der Waals surface area contributed by atoms with Crippen LogP contribution in [0.2, 0.25) is 0 Å². The molecule has 1 aliphatic heterocycles. The zero-order valence-electron chi connectivity index (χ0n) is 15.3. The lowest BCUT2D eigenvalue weighted by Crippen LogP contribution is -2.36. The highest BCUT2D eigenvalue weighted by molar-refractivity contribution is 5.97. The van der Waals surface area contributed by atoms with Crippen LogP contribution in [-0.2, 0) is 13.0 Å². The van der Waals surface area contributed by atoms with Gasteiger partial charge in [0.15, 0.2) is 0 Å². The Kier molecular flexibility index (Phi) is 6.05. The SMILES string of the molecule is CCCCCNC(=O)c1ccc(C(=O)N2CCc3ccccc3C2)cc1. The number of fused-ring (bicyclic) bond motifs is 1. The van der Waals surface area contributed by atoms with Crippen LogP contribution in [0, 0.1) is 0 Å². The number of rotatable bonds is 6. The van der Waals surface area contributed by atoms with Gasteiger partial charge in [-0.1, -0.05) is 44.0 Å². The van der Waals surface area contributed by atoms with E-state index in [-0.39, 0.29) is 11.8 Å². The first-order chi connectivity index (χ1) is 12.7. The fourth-order valence-electron chi connectivity index (χ4n) is 3.29. The van der Waals surface area contributed by atoms with Gasteiger partial charge in [-0.05, 0) is 48.2 Å². The van der Waals surface area contributed by atoms with Crippen molar-refractivity contribution in [2.45, 2.75) is 39.2 Å². The Hall–Kier alpha value is -2.62.